The van der Waals surface area contributed by atoms with E-state index in [4.69, 9.17) is 4.74 Å². The lowest BCUT2D eigenvalue weighted by Gasteiger charge is -2.28. The van der Waals surface area contributed by atoms with Gasteiger partial charge in [-0.25, -0.2) is 0 Å². The Balaban J connectivity index is 1.11. The molecule has 38 heavy (non-hydrogen) atoms. The van der Waals surface area contributed by atoms with E-state index >= 15 is 0 Å². The maximum Gasteiger partial charge on any atom is 0.119 e. The van der Waals surface area contributed by atoms with Gasteiger partial charge in [0.15, 0.2) is 0 Å². The van der Waals surface area contributed by atoms with E-state index in [1.807, 2.05) is 0 Å². The SMILES string of the molecule is CCCCC[C@H]1CC[C@H](CCCOc2ccc(-c3ccc(CC[C@H]4CC[C@H](CCC)CC4)cc3)cc2)CC1. The molecule has 1 nitrogen and oxygen atoms in total. The molecule has 210 valence electrons. The van der Waals surface area contributed by atoms with Crippen molar-refractivity contribution in [1.29, 1.82) is 0 Å². The van der Waals surface area contributed by atoms with Gasteiger partial charge in [0.05, 0.1) is 6.61 Å². The summed E-state index contributed by atoms with van der Waals surface area (Å²) in [7, 11) is 0. The van der Waals surface area contributed by atoms with Gasteiger partial charge in [0.1, 0.15) is 5.75 Å². The van der Waals surface area contributed by atoms with E-state index in [0.717, 1.165) is 36.0 Å². The first kappa shape index (κ1) is 29.2. The Morgan fingerprint density at radius 3 is 1.58 bits per heavy atom. The molecule has 2 aromatic rings. The molecule has 0 unspecified atom stereocenters. The molecule has 2 aromatic carbocycles. The van der Waals surface area contributed by atoms with E-state index in [1.54, 1.807) is 0 Å². The molecule has 0 N–H and O–H groups in total. The first-order chi connectivity index (χ1) is 18.7. The van der Waals surface area contributed by atoms with Crippen LogP contribution < -0.4 is 4.74 Å². The number of ether oxygens (including phenoxy) is 1. The van der Waals surface area contributed by atoms with Gasteiger partial charge in [0.25, 0.3) is 0 Å². The number of hydrogen-bond acceptors (Lipinski definition) is 1. The number of unbranched alkanes of at least 4 members (excludes halogenated alkanes) is 2. The third kappa shape index (κ3) is 9.77. The largest absolute Gasteiger partial charge is 0.494 e. The summed E-state index contributed by atoms with van der Waals surface area (Å²) < 4.78 is 6.10. The van der Waals surface area contributed by atoms with Gasteiger partial charge in [0, 0.05) is 0 Å². The van der Waals surface area contributed by atoms with Crippen LogP contribution >= 0.6 is 0 Å². The second-order valence-corrected chi connectivity index (χ2v) is 12.8. The Hall–Kier alpha value is -1.76. The monoisotopic (exact) mass is 516 g/mol. The third-order valence-corrected chi connectivity index (χ3v) is 9.85. The van der Waals surface area contributed by atoms with Crippen LogP contribution in [0.2, 0.25) is 0 Å². The Morgan fingerprint density at radius 2 is 1.03 bits per heavy atom. The quantitative estimate of drug-likeness (QED) is 0.214. The average molecular weight is 517 g/mol. The Bertz CT molecular complexity index is 866. The summed E-state index contributed by atoms with van der Waals surface area (Å²) in [5.74, 6) is 4.93. The van der Waals surface area contributed by atoms with Crippen LogP contribution in [0.25, 0.3) is 11.1 Å². The maximum atomic E-state index is 6.10. The molecule has 4 rings (SSSR count). The predicted octanol–water partition coefficient (Wildman–Crippen LogP) is 11.4. The Morgan fingerprint density at radius 1 is 0.526 bits per heavy atom. The molecular weight excluding hydrogens is 460 g/mol. The van der Waals surface area contributed by atoms with Crippen LogP contribution in [0.1, 0.15) is 129 Å². The van der Waals surface area contributed by atoms with Crippen molar-refractivity contribution in [3.63, 3.8) is 0 Å². The maximum absolute atomic E-state index is 6.10. The summed E-state index contributed by atoms with van der Waals surface area (Å²) >= 11 is 0. The van der Waals surface area contributed by atoms with Crippen molar-refractivity contribution in [2.45, 2.75) is 129 Å². The fourth-order valence-electron chi connectivity index (χ4n) is 7.25. The number of aryl methyl sites for hydroxylation is 1. The highest BCUT2D eigenvalue weighted by atomic mass is 16.5. The summed E-state index contributed by atoms with van der Waals surface area (Å²) in [6.07, 6.45) is 25.3. The highest BCUT2D eigenvalue weighted by Crippen LogP contribution is 2.35. The van der Waals surface area contributed by atoms with Gasteiger partial charge >= 0.3 is 0 Å². The van der Waals surface area contributed by atoms with Gasteiger partial charge in [-0.15, -0.1) is 0 Å². The summed E-state index contributed by atoms with van der Waals surface area (Å²) in [5, 5.41) is 0. The molecule has 0 heterocycles. The second kappa shape index (κ2) is 16.4. The highest BCUT2D eigenvalue weighted by molar-refractivity contribution is 5.64. The molecule has 0 atom stereocenters. The van der Waals surface area contributed by atoms with Crippen molar-refractivity contribution in [1.82, 2.24) is 0 Å². The van der Waals surface area contributed by atoms with E-state index in [9.17, 15) is 0 Å². The minimum Gasteiger partial charge on any atom is -0.494 e. The molecular formula is C37H56O. The normalized spacial score (nSPS) is 23.8. The van der Waals surface area contributed by atoms with Crippen molar-refractivity contribution in [3.05, 3.63) is 54.1 Å². The molecule has 2 aliphatic rings. The standard InChI is InChI=1S/C37H56O/c1-3-5-6-9-31-13-15-32(16-14-31)10-7-29-38-37-27-25-36(26-28-37)35-23-21-34(22-24-35)20-19-33-17-11-30(8-4-2)12-18-33/h21-28,30-33H,3-20,29H2,1-2H3/t30-,31-,32-,33-. The Kier molecular flexibility index (Phi) is 12.6. The van der Waals surface area contributed by atoms with Crippen LogP contribution in [0, 0.1) is 23.7 Å². The molecule has 0 saturated heterocycles. The van der Waals surface area contributed by atoms with E-state index in [2.05, 4.69) is 62.4 Å². The zero-order valence-electron chi connectivity index (χ0n) is 24.8. The number of benzene rings is 2. The number of rotatable bonds is 15. The second-order valence-electron chi connectivity index (χ2n) is 12.8. The van der Waals surface area contributed by atoms with Crippen molar-refractivity contribution in [2.75, 3.05) is 6.61 Å². The smallest absolute Gasteiger partial charge is 0.119 e. The molecule has 0 bridgehead atoms. The van der Waals surface area contributed by atoms with Crippen LogP contribution in [-0.2, 0) is 6.42 Å². The van der Waals surface area contributed by atoms with Crippen LogP contribution in [-0.4, -0.2) is 6.61 Å². The van der Waals surface area contributed by atoms with Crippen LogP contribution in [0.5, 0.6) is 5.75 Å². The van der Waals surface area contributed by atoms with E-state index in [0.29, 0.717) is 0 Å². The molecule has 2 aliphatic carbocycles. The van der Waals surface area contributed by atoms with Crippen molar-refractivity contribution >= 4 is 0 Å². The van der Waals surface area contributed by atoms with Crippen LogP contribution in [0.15, 0.2) is 48.5 Å². The zero-order valence-corrected chi connectivity index (χ0v) is 24.8. The molecule has 0 spiro atoms. The highest BCUT2D eigenvalue weighted by Gasteiger charge is 2.21. The predicted molar refractivity (Wildman–Crippen MR) is 165 cm³/mol. The van der Waals surface area contributed by atoms with E-state index < -0.39 is 0 Å². The molecule has 1 heteroatoms. The van der Waals surface area contributed by atoms with Gasteiger partial charge in [-0.1, -0.05) is 140 Å². The fraction of sp³-hybridized carbons (Fsp3) is 0.676. The van der Waals surface area contributed by atoms with Gasteiger partial charge in [-0.3, -0.25) is 0 Å². The zero-order chi connectivity index (χ0) is 26.4. The topological polar surface area (TPSA) is 9.23 Å². The molecule has 0 radical (unpaired) electrons. The van der Waals surface area contributed by atoms with E-state index in [-0.39, 0.29) is 0 Å². The molecule has 2 saturated carbocycles. The van der Waals surface area contributed by atoms with Crippen molar-refractivity contribution < 1.29 is 4.74 Å². The van der Waals surface area contributed by atoms with E-state index in [1.165, 1.54) is 132 Å². The lowest BCUT2D eigenvalue weighted by atomic mass is 9.78. The molecule has 0 aromatic heterocycles. The van der Waals surface area contributed by atoms with Gasteiger partial charge in [-0.2, -0.15) is 0 Å². The Labute approximate surface area is 235 Å². The summed E-state index contributed by atoms with van der Waals surface area (Å²) in [4.78, 5) is 0. The lowest BCUT2D eigenvalue weighted by Crippen LogP contribution is -2.15. The first-order valence-electron chi connectivity index (χ1n) is 16.6. The third-order valence-electron chi connectivity index (χ3n) is 9.85. The molecule has 0 aliphatic heterocycles. The van der Waals surface area contributed by atoms with Gasteiger partial charge in [-0.05, 0) is 78.2 Å². The summed E-state index contributed by atoms with van der Waals surface area (Å²) in [5.41, 5.74) is 4.09. The average Bonchev–Trinajstić information content (AvgIpc) is 2.97. The minimum absolute atomic E-state index is 0.852. The molecule has 2 fully saturated rings. The fourth-order valence-corrected chi connectivity index (χ4v) is 7.25. The number of hydrogen-bond donors (Lipinski definition) is 0. The lowest BCUT2D eigenvalue weighted by molar-refractivity contribution is 0.228. The summed E-state index contributed by atoms with van der Waals surface area (Å²) in [6.45, 7) is 5.50. The van der Waals surface area contributed by atoms with Gasteiger partial charge < -0.3 is 4.74 Å². The van der Waals surface area contributed by atoms with Crippen molar-refractivity contribution in [2.24, 2.45) is 23.7 Å². The molecule has 0 amide bonds. The van der Waals surface area contributed by atoms with Crippen LogP contribution in [0.4, 0.5) is 0 Å². The summed E-state index contributed by atoms with van der Waals surface area (Å²) in [6, 6.07) is 18.1. The van der Waals surface area contributed by atoms with Gasteiger partial charge in [0.2, 0.25) is 0 Å². The minimum atomic E-state index is 0.852. The first-order valence-corrected chi connectivity index (χ1v) is 16.6. The van der Waals surface area contributed by atoms with Crippen LogP contribution in [0.3, 0.4) is 0 Å². The van der Waals surface area contributed by atoms with Crippen molar-refractivity contribution in [3.8, 4) is 16.9 Å².